The van der Waals surface area contributed by atoms with Gasteiger partial charge in [0, 0.05) is 18.9 Å². The summed E-state index contributed by atoms with van der Waals surface area (Å²) in [6.45, 7) is 4.82. The Morgan fingerprint density at radius 3 is 2.89 bits per heavy atom. The van der Waals surface area contributed by atoms with Crippen molar-refractivity contribution in [1.82, 2.24) is 14.9 Å². The molecule has 0 radical (unpaired) electrons. The lowest BCUT2D eigenvalue weighted by atomic mass is 9.89. The Morgan fingerprint density at radius 1 is 1.32 bits per heavy atom. The molecule has 148 valence electrons. The van der Waals surface area contributed by atoms with Crippen LogP contribution in [0.2, 0.25) is 0 Å². The molecule has 2 aliphatic rings. The minimum Gasteiger partial charge on any atom is -0.481 e. The molecule has 28 heavy (non-hydrogen) atoms. The molecule has 2 N–H and O–H groups in total. The molecule has 1 saturated heterocycles. The van der Waals surface area contributed by atoms with Gasteiger partial charge in [-0.3, -0.25) is 9.69 Å². The predicted molar refractivity (Wildman–Crippen MR) is 106 cm³/mol. The van der Waals surface area contributed by atoms with Gasteiger partial charge in [-0.1, -0.05) is 13.0 Å². The Kier molecular flexibility index (Phi) is 5.43. The Labute approximate surface area is 164 Å². The molecule has 2 aliphatic heterocycles. The first-order valence-electron chi connectivity index (χ1n) is 9.92. The number of fused-ring (bicyclic) bond motifs is 2. The van der Waals surface area contributed by atoms with E-state index in [9.17, 15) is 4.79 Å². The van der Waals surface area contributed by atoms with Crippen molar-refractivity contribution in [2.24, 2.45) is 11.8 Å². The van der Waals surface area contributed by atoms with Gasteiger partial charge in [0.05, 0.1) is 11.6 Å². The number of anilines is 2. The quantitative estimate of drug-likeness (QED) is 0.665. The van der Waals surface area contributed by atoms with Crippen molar-refractivity contribution in [3.8, 4) is 11.6 Å². The number of likely N-dealkylation sites (tertiary alicyclic amines) is 1. The molecule has 7 heteroatoms. The molecule has 1 aromatic heterocycles. The molecule has 4 rings (SSSR count). The van der Waals surface area contributed by atoms with Gasteiger partial charge in [0.25, 0.3) is 5.88 Å². The molecule has 0 amide bonds. The van der Waals surface area contributed by atoms with E-state index in [-0.39, 0.29) is 5.92 Å². The van der Waals surface area contributed by atoms with E-state index in [1.54, 1.807) is 19.3 Å². The average Bonchev–Trinajstić information content (AvgIpc) is 2.71. The third-order valence-corrected chi connectivity index (χ3v) is 5.71. The lowest BCUT2D eigenvalue weighted by Gasteiger charge is -2.32. The van der Waals surface area contributed by atoms with Crippen LogP contribution < -0.4 is 10.1 Å². The van der Waals surface area contributed by atoms with Crippen LogP contribution in [0.1, 0.15) is 38.2 Å². The van der Waals surface area contributed by atoms with Crippen molar-refractivity contribution in [2.75, 3.05) is 18.4 Å². The van der Waals surface area contributed by atoms with Gasteiger partial charge in [-0.25, -0.2) is 9.97 Å². The molecule has 7 nitrogen and oxygen atoms in total. The molecule has 0 aliphatic carbocycles. The van der Waals surface area contributed by atoms with Crippen LogP contribution in [-0.4, -0.2) is 39.0 Å². The summed E-state index contributed by atoms with van der Waals surface area (Å²) in [4.78, 5) is 21.9. The van der Waals surface area contributed by atoms with Crippen LogP contribution in [0.5, 0.6) is 11.6 Å². The van der Waals surface area contributed by atoms with E-state index in [0.29, 0.717) is 17.6 Å². The minimum atomic E-state index is -0.684. The normalized spacial score (nSPS) is 17.8. The lowest BCUT2D eigenvalue weighted by Crippen LogP contribution is -2.33. The van der Waals surface area contributed by atoms with Crippen LogP contribution in [0.3, 0.4) is 0 Å². The van der Waals surface area contributed by atoms with Gasteiger partial charge < -0.3 is 15.2 Å². The van der Waals surface area contributed by atoms with E-state index in [1.165, 1.54) is 5.56 Å². The van der Waals surface area contributed by atoms with Crippen LogP contribution >= 0.6 is 0 Å². The van der Waals surface area contributed by atoms with Gasteiger partial charge in [-0.05, 0) is 62.4 Å². The van der Waals surface area contributed by atoms with Gasteiger partial charge in [-0.15, -0.1) is 0 Å². The Bertz CT molecular complexity index is 849. The number of piperidine rings is 1. The summed E-state index contributed by atoms with van der Waals surface area (Å²) in [5, 5.41) is 12.3. The molecule has 0 spiro atoms. The molecule has 1 fully saturated rings. The smallest absolute Gasteiger partial charge is 0.306 e. The zero-order chi connectivity index (χ0) is 19.5. The zero-order valence-electron chi connectivity index (χ0n) is 16.1. The Morgan fingerprint density at radius 2 is 2.11 bits per heavy atom. The minimum absolute atomic E-state index is 0.238. The highest BCUT2D eigenvalue weighted by molar-refractivity contribution is 5.71. The van der Waals surface area contributed by atoms with Crippen LogP contribution in [-0.2, 0) is 11.3 Å². The number of carboxylic acid groups (broad SMARTS) is 1. The number of ether oxygens (including phenoxy) is 1. The maximum absolute atomic E-state index is 11.0. The van der Waals surface area contributed by atoms with E-state index in [4.69, 9.17) is 9.84 Å². The summed E-state index contributed by atoms with van der Waals surface area (Å²) >= 11 is 0. The molecule has 0 saturated carbocycles. The standard InChI is InChI=1S/C21H26N4O3/c1-14(21(26)27)2-3-15-6-10-25(11-7-15)13-16-4-5-18-17(12-16)24-19-20(28-18)23-9-8-22-19/h4-5,8-9,12,14-15H,2-3,6-7,10-11,13H2,1H3,(H,22,24)(H,26,27). The van der Waals surface area contributed by atoms with E-state index < -0.39 is 5.97 Å². The van der Waals surface area contributed by atoms with Crippen molar-refractivity contribution < 1.29 is 14.6 Å². The molecule has 1 aromatic carbocycles. The van der Waals surface area contributed by atoms with Crippen molar-refractivity contribution in [2.45, 2.75) is 39.2 Å². The summed E-state index contributed by atoms with van der Waals surface area (Å²) in [6.07, 6.45) is 7.34. The number of carboxylic acids is 1. The highest BCUT2D eigenvalue weighted by Gasteiger charge is 2.22. The number of hydrogen-bond acceptors (Lipinski definition) is 6. The first kappa shape index (κ1) is 18.7. The summed E-state index contributed by atoms with van der Waals surface area (Å²) < 4.78 is 5.81. The number of nitrogens with one attached hydrogen (secondary N) is 1. The van der Waals surface area contributed by atoms with Gasteiger partial charge >= 0.3 is 5.97 Å². The maximum Gasteiger partial charge on any atom is 0.306 e. The zero-order valence-corrected chi connectivity index (χ0v) is 16.1. The average molecular weight is 382 g/mol. The largest absolute Gasteiger partial charge is 0.481 e. The number of aromatic nitrogens is 2. The lowest BCUT2D eigenvalue weighted by molar-refractivity contribution is -0.141. The molecular weight excluding hydrogens is 356 g/mol. The molecular formula is C21H26N4O3. The second kappa shape index (κ2) is 8.14. The van der Waals surface area contributed by atoms with Crippen molar-refractivity contribution in [1.29, 1.82) is 0 Å². The summed E-state index contributed by atoms with van der Waals surface area (Å²) in [7, 11) is 0. The van der Waals surface area contributed by atoms with E-state index >= 15 is 0 Å². The topological polar surface area (TPSA) is 87.6 Å². The van der Waals surface area contributed by atoms with Crippen molar-refractivity contribution in [3.05, 3.63) is 36.2 Å². The number of carbonyl (C=O) groups is 1. The third-order valence-electron chi connectivity index (χ3n) is 5.71. The molecule has 1 unspecified atom stereocenters. The summed E-state index contributed by atoms with van der Waals surface area (Å²) in [5.41, 5.74) is 2.16. The van der Waals surface area contributed by atoms with Crippen LogP contribution in [0, 0.1) is 11.8 Å². The number of benzene rings is 1. The SMILES string of the molecule is CC(CCC1CCN(Cc2ccc3c(c2)Nc2nccnc2O3)CC1)C(=O)O. The van der Waals surface area contributed by atoms with Crippen LogP contribution in [0.15, 0.2) is 30.6 Å². The summed E-state index contributed by atoms with van der Waals surface area (Å²) in [6, 6.07) is 6.20. The third kappa shape index (κ3) is 4.25. The number of nitrogens with zero attached hydrogens (tertiary/aromatic N) is 3. The molecule has 3 heterocycles. The molecule has 2 aromatic rings. The molecule has 1 atom stereocenters. The predicted octanol–water partition coefficient (Wildman–Crippen LogP) is 4.04. The van der Waals surface area contributed by atoms with Crippen molar-refractivity contribution in [3.63, 3.8) is 0 Å². The highest BCUT2D eigenvalue weighted by Crippen LogP contribution is 2.39. The fraction of sp³-hybridized carbons (Fsp3) is 0.476. The van der Waals surface area contributed by atoms with E-state index in [0.717, 1.165) is 56.8 Å². The Hall–Kier alpha value is -2.67. The second-order valence-electron chi connectivity index (χ2n) is 7.80. The Balaban J connectivity index is 1.30. The fourth-order valence-corrected chi connectivity index (χ4v) is 3.88. The maximum atomic E-state index is 11.0. The first-order valence-corrected chi connectivity index (χ1v) is 9.92. The second-order valence-corrected chi connectivity index (χ2v) is 7.80. The highest BCUT2D eigenvalue weighted by atomic mass is 16.5. The van der Waals surface area contributed by atoms with Gasteiger partial charge in [0.2, 0.25) is 0 Å². The van der Waals surface area contributed by atoms with Gasteiger partial charge in [0.1, 0.15) is 0 Å². The first-order chi connectivity index (χ1) is 13.6. The monoisotopic (exact) mass is 382 g/mol. The van der Waals surface area contributed by atoms with Crippen molar-refractivity contribution >= 4 is 17.5 Å². The van der Waals surface area contributed by atoms with Gasteiger partial charge in [-0.2, -0.15) is 0 Å². The fourth-order valence-electron chi connectivity index (χ4n) is 3.88. The van der Waals surface area contributed by atoms with Crippen LogP contribution in [0.25, 0.3) is 0 Å². The number of rotatable bonds is 6. The van der Waals surface area contributed by atoms with E-state index in [2.05, 4.69) is 32.3 Å². The molecule has 0 bridgehead atoms. The number of hydrogen-bond donors (Lipinski definition) is 2. The summed E-state index contributed by atoms with van der Waals surface area (Å²) in [5.74, 6) is 1.63. The van der Waals surface area contributed by atoms with Gasteiger partial charge in [0.15, 0.2) is 11.6 Å². The van der Waals surface area contributed by atoms with Crippen LogP contribution in [0.4, 0.5) is 11.5 Å². The number of aliphatic carboxylic acids is 1. The van der Waals surface area contributed by atoms with E-state index in [1.807, 2.05) is 6.07 Å².